The molecular formula is C12H13N4O2S+. The molecule has 0 aliphatic heterocycles. The van der Waals surface area contributed by atoms with Crippen LogP contribution in [0.1, 0.15) is 10.4 Å². The van der Waals surface area contributed by atoms with Crippen molar-refractivity contribution in [1.29, 1.82) is 0 Å². The Bertz CT molecular complexity index is 609. The van der Waals surface area contributed by atoms with Gasteiger partial charge in [0.15, 0.2) is 0 Å². The molecule has 0 fully saturated rings. The zero-order chi connectivity index (χ0) is 13.8. The Morgan fingerprint density at radius 3 is 2.74 bits per heavy atom. The van der Waals surface area contributed by atoms with Crippen LogP contribution in [0.25, 0.3) is 0 Å². The van der Waals surface area contributed by atoms with Gasteiger partial charge in [0.2, 0.25) is 5.00 Å². The van der Waals surface area contributed by atoms with Gasteiger partial charge < -0.3 is 4.90 Å². The maximum Gasteiger partial charge on any atom is 0.341 e. The summed E-state index contributed by atoms with van der Waals surface area (Å²) in [5.74, 6) is -0.236. The van der Waals surface area contributed by atoms with E-state index in [1.165, 1.54) is 6.20 Å². The molecule has 0 unspecified atom stereocenters. The molecule has 0 spiro atoms. The number of anilines is 2. The van der Waals surface area contributed by atoms with Crippen molar-refractivity contribution in [2.45, 2.75) is 0 Å². The number of hydrogen-bond acceptors (Lipinski definition) is 5. The number of benzene rings is 1. The van der Waals surface area contributed by atoms with E-state index in [0.29, 0.717) is 10.7 Å². The second-order valence-electron chi connectivity index (χ2n) is 4.02. The molecule has 2 rings (SSSR count). The molecule has 2 aromatic rings. The number of nitrogens with zero attached hydrogens (tertiary/aromatic N) is 2. The average Bonchev–Trinajstić information content (AvgIpc) is 2.86. The number of nitrogens with one attached hydrogen (secondary N) is 2. The third-order valence-corrected chi connectivity index (χ3v) is 3.31. The molecule has 7 heteroatoms. The first-order chi connectivity index (χ1) is 9.11. The molecular weight excluding hydrogens is 264 g/mol. The molecule has 0 bridgehead atoms. The molecule has 1 heterocycles. The highest BCUT2D eigenvalue weighted by molar-refractivity contribution is 7.18. The fourth-order valence-corrected chi connectivity index (χ4v) is 2.25. The van der Waals surface area contributed by atoms with Gasteiger partial charge in [0.1, 0.15) is 6.20 Å². The topological polar surface area (TPSA) is 75.9 Å². The van der Waals surface area contributed by atoms with E-state index in [2.05, 4.69) is 15.5 Å². The van der Waals surface area contributed by atoms with Crippen LogP contribution in [-0.2, 0) is 0 Å². The molecule has 1 aromatic carbocycles. The van der Waals surface area contributed by atoms with Crippen LogP contribution in [0.3, 0.4) is 0 Å². The normalized spacial score (nSPS) is 10.0. The smallest absolute Gasteiger partial charge is 0.341 e. The van der Waals surface area contributed by atoms with E-state index in [1.54, 1.807) is 12.1 Å². The molecule has 0 aliphatic carbocycles. The maximum absolute atomic E-state index is 12.2. The predicted molar refractivity (Wildman–Crippen MR) is 75.1 cm³/mol. The number of aromatic nitrogens is 1. The first kappa shape index (κ1) is 13.2. The Labute approximate surface area is 114 Å². The Hall–Kier alpha value is -2.28. The van der Waals surface area contributed by atoms with Gasteiger partial charge in [-0.25, -0.2) is 9.78 Å². The number of para-hydroxylation sites is 1. The van der Waals surface area contributed by atoms with E-state index < -0.39 is 0 Å². The summed E-state index contributed by atoms with van der Waals surface area (Å²) in [6.45, 7) is 0. The van der Waals surface area contributed by atoms with Gasteiger partial charge in [0.05, 0.1) is 11.3 Å². The lowest BCUT2D eigenvalue weighted by atomic mass is 10.1. The fourth-order valence-electron chi connectivity index (χ4n) is 1.62. The van der Waals surface area contributed by atoms with Gasteiger partial charge >= 0.3 is 11.0 Å². The summed E-state index contributed by atoms with van der Waals surface area (Å²) < 4.78 is 0. The van der Waals surface area contributed by atoms with E-state index in [9.17, 15) is 9.70 Å². The van der Waals surface area contributed by atoms with Crippen molar-refractivity contribution in [3.05, 3.63) is 40.9 Å². The number of aromatic amines is 1. The Balaban J connectivity index is 2.22. The molecule has 6 nitrogen and oxygen atoms in total. The van der Waals surface area contributed by atoms with E-state index in [-0.39, 0.29) is 10.9 Å². The first-order valence-electron chi connectivity index (χ1n) is 5.54. The molecule has 98 valence electrons. The minimum Gasteiger partial charge on any atom is -0.377 e. The Morgan fingerprint density at radius 2 is 2.11 bits per heavy atom. The van der Waals surface area contributed by atoms with E-state index >= 15 is 0 Å². The van der Waals surface area contributed by atoms with Crippen molar-refractivity contribution in [1.82, 2.24) is 0 Å². The largest absolute Gasteiger partial charge is 0.377 e. The summed E-state index contributed by atoms with van der Waals surface area (Å²) in [4.78, 5) is 27.2. The highest BCUT2D eigenvalue weighted by Crippen LogP contribution is 2.24. The second kappa shape index (κ2) is 5.57. The quantitative estimate of drug-likeness (QED) is 0.871. The summed E-state index contributed by atoms with van der Waals surface area (Å²) >= 11 is 1.09. The monoisotopic (exact) mass is 277 g/mol. The highest BCUT2D eigenvalue weighted by Gasteiger charge is 2.19. The minimum absolute atomic E-state index is 0.236. The van der Waals surface area contributed by atoms with Gasteiger partial charge in [-0.2, -0.15) is 5.32 Å². The highest BCUT2D eigenvalue weighted by atomic mass is 32.1. The lowest BCUT2D eigenvalue weighted by Crippen LogP contribution is -2.20. The van der Waals surface area contributed by atoms with Gasteiger partial charge in [0.25, 0.3) is 0 Å². The predicted octanol–water partition coefficient (Wildman–Crippen LogP) is 2.28. The molecule has 2 N–H and O–H groups in total. The number of nitroso groups, excluding NO2 is 1. The van der Waals surface area contributed by atoms with Crippen LogP contribution in [0.2, 0.25) is 0 Å². The van der Waals surface area contributed by atoms with Gasteiger partial charge in [-0.05, 0) is 28.6 Å². The Morgan fingerprint density at radius 1 is 1.37 bits per heavy atom. The number of carbonyl (C=O) groups excluding carboxylic acids is 1. The van der Waals surface area contributed by atoms with E-state index in [1.807, 2.05) is 31.1 Å². The van der Waals surface area contributed by atoms with Gasteiger partial charge in [0, 0.05) is 14.1 Å². The molecule has 0 radical (unpaired) electrons. The summed E-state index contributed by atoms with van der Waals surface area (Å²) in [5, 5.41) is 6.27. The molecule has 0 saturated carbocycles. The summed E-state index contributed by atoms with van der Waals surface area (Å²) in [6, 6.07) is 7.29. The first-order valence-corrected chi connectivity index (χ1v) is 6.36. The molecule has 1 aromatic heterocycles. The third kappa shape index (κ3) is 2.94. The second-order valence-corrected chi connectivity index (χ2v) is 5.05. The molecule has 1 amide bonds. The number of hydrogen-bond donors (Lipinski definition) is 1. The molecule has 0 atom stereocenters. The van der Waals surface area contributed by atoms with Crippen LogP contribution < -0.4 is 15.2 Å². The van der Waals surface area contributed by atoms with Crippen LogP contribution in [0, 0.1) is 4.91 Å². The minimum atomic E-state index is -0.236. The van der Waals surface area contributed by atoms with Crippen molar-refractivity contribution < 1.29 is 9.78 Å². The molecule has 19 heavy (non-hydrogen) atoms. The van der Waals surface area contributed by atoms with Gasteiger partial charge in [-0.3, -0.25) is 0 Å². The number of amides is 1. The lowest BCUT2D eigenvalue weighted by Gasteiger charge is -2.14. The number of rotatable bonds is 4. The van der Waals surface area contributed by atoms with E-state index in [0.717, 1.165) is 17.0 Å². The van der Waals surface area contributed by atoms with Crippen molar-refractivity contribution in [3.8, 4) is 0 Å². The van der Waals surface area contributed by atoms with Gasteiger partial charge in [-0.15, -0.1) is 4.91 Å². The number of thiazole rings is 1. The van der Waals surface area contributed by atoms with Crippen LogP contribution in [0.5, 0.6) is 0 Å². The molecule has 0 aliphatic rings. The summed E-state index contributed by atoms with van der Waals surface area (Å²) in [5.41, 5.74) is 1.39. The molecule has 0 saturated heterocycles. The summed E-state index contributed by atoms with van der Waals surface area (Å²) in [6.07, 6.45) is 1.45. The standard InChI is InChI=1S/C12H12N4O2S/c1-16(2)9-6-4-3-5-8(9)11(17)14-12-13-7-10(15-18)19-12/h3-7H,1-2H3,(H,13,14,17)/p+1. The van der Waals surface area contributed by atoms with E-state index in [4.69, 9.17) is 0 Å². The summed E-state index contributed by atoms with van der Waals surface area (Å²) in [7, 11) is 3.75. The van der Waals surface area contributed by atoms with Crippen LogP contribution >= 0.6 is 11.3 Å². The van der Waals surface area contributed by atoms with Crippen molar-refractivity contribution in [2.24, 2.45) is 5.18 Å². The zero-order valence-electron chi connectivity index (χ0n) is 10.5. The lowest BCUT2D eigenvalue weighted by molar-refractivity contribution is -0.353. The fraction of sp³-hybridized carbons (Fsp3) is 0.167. The van der Waals surface area contributed by atoms with Crippen molar-refractivity contribution in [3.63, 3.8) is 0 Å². The maximum atomic E-state index is 12.2. The third-order valence-electron chi connectivity index (χ3n) is 2.48. The average molecular weight is 277 g/mol. The van der Waals surface area contributed by atoms with Crippen LogP contribution in [0.4, 0.5) is 15.8 Å². The van der Waals surface area contributed by atoms with Crippen LogP contribution in [0.15, 0.2) is 35.6 Å². The number of H-pyrrole nitrogens is 1. The SMILES string of the molecule is CN(C)c1ccccc1C(=O)Nc1[nH+]cc(N=O)s1. The van der Waals surface area contributed by atoms with Crippen molar-refractivity contribution >= 4 is 33.1 Å². The van der Waals surface area contributed by atoms with Crippen LogP contribution in [-0.4, -0.2) is 20.0 Å². The van der Waals surface area contributed by atoms with Gasteiger partial charge in [-0.1, -0.05) is 12.1 Å². The Kier molecular flexibility index (Phi) is 3.86. The van der Waals surface area contributed by atoms with Crippen molar-refractivity contribution in [2.75, 3.05) is 24.3 Å². The number of carbonyl (C=O) groups is 1. The zero-order valence-corrected chi connectivity index (χ0v) is 11.3.